The van der Waals surface area contributed by atoms with Gasteiger partial charge in [-0.05, 0) is 23.6 Å². The molecule has 1 aromatic rings. The highest BCUT2D eigenvalue weighted by molar-refractivity contribution is 5.53. The van der Waals surface area contributed by atoms with E-state index in [0.29, 0.717) is 12.2 Å². The summed E-state index contributed by atoms with van der Waals surface area (Å²) in [5.41, 5.74) is 1.02. The lowest BCUT2D eigenvalue weighted by atomic mass is 10.1. The molecule has 0 fully saturated rings. The Balaban J connectivity index is 2.99. The Hall–Kier alpha value is -1.84. The van der Waals surface area contributed by atoms with Gasteiger partial charge < -0.3 is 4.74 Å². The van der Waals surface area contributed by atoms with Crippen LogP contribution < -0.4 is 4.74 Å². The molecular weight excluding hydrogens is 218 g/mol. The van der Waals surface area contributed by atoms with Gasteiger partial charge in [-0.2, -0.15) is 0 Å². The quantitative estimate of drug-likeness (QED) is 0.580. The van der Waals surface area contributed by atoms with E-state index in [1.807, 2.05) is 32.0 Å². The van der Waals surface area contributed by atoms with Crippen LogP contribution in [0, 0.1) is 16.0 Å². The number of hydrogen-bond acceptors (Lipinski definition) is 3. The monoisotopic (exact) mass is 235 g/mol. The zero-order chi connectivity index (χ0) is 12.8. The van der Waals surface area contributed by atoms with Gasteiger partial charge in [0.05, 0.1) is 12.0 Å². The van der Waals surface area contributed by atoms with Crippen molar-refractivity contribution in [3.8, 4) is 5.75 Å². The largest absolute Gasteiger partial charge is 0.497 e. The first-order valence-electron chi connectivity index (χ1n) is 5.52. The van der Waals surface area contributed by atoms with E-state index >= 15 is 0 Å². The van der Waals surface area contributed by atoms with Crippen LogP contribution >= 0.6 is 0 Å². The molecule has 0 amide bonds. The van der Waals surface area contributed by atoms with Crippen LogP contribution in [0.3, 0.4) is 0 Å². The van der Waals surface area contributed by atoms with Crippen molar-refractivity contribution in [2.75, 3.05) is 7.11 Å². The predicted molar refractivity (Wildman–Crippen MR) is 67.4 cm³/mol. The van der Waals surface area contributed by atoms with Crippen LogP contribution in [0.15, 0.2) is 30.0 Å². The standard InChI is InChI=1S/C13H17NO3/c1-10(2)7-12(14(15)16)8-11-5-4-6-13(9-11)17-3/h4-6,8-10H,7H2,1-3H3/b12-8-. The number of nitrogens with zero attached hydrogens (tertiary/aromatic N) is 1. The number of rotatable bonds is 5. The second kappa shape index (κ2) is 6.03. The highest BCUT2D eigenvalue weighted by atomic mass is 16.6. The van der Waals surface area contributed by atoms with Crippen LogP contribution in [-0.2, 0) is 0 Å². The predicted octanol–water partition coefficient (Wildman–Crippen LogP) is 3.36. The lowest BCUT2D eigenvalue weighted by Gasteiger charge is -2.03. The van der Waals surface area contributed by atoms with Gasteiger partial charge in [-0.1, -0.05) is 26.0 Å². The molecule has 0 atom stereocenters. The van der Waals surface area contributed by atoms with E-state index in [1.165, 1.54) is 0 Å². The summed E-state index contributed by atoms with van der Waals surface area (Å²) in [6.07, 6.45) is 2.06. The Morgan fingerprint density at radius 2 is 2.24 bits per heavy atom. The number of benzene rings is 1. The Kier molecular flexibility index (Phi) is 4.69. The van der Waals surface area contributed by atoms with Gasteiger partial charge in [-0.3, -0.25) is 10.1 Å². The molecule has 0 unspecified atom stereocenters. The van der Waals surface area contributed by atoms with Gasteiger partial charge in [0.25, 0.3) is 0 Å². The van der Waals surface area contributed by atoms with Crippen LogP contribution in [-0.4, -0.2) is 12.0 Å². The molecule has 0 saturated carbocycles. The molecule has 0 aliphatic heterocycles. The average Bonchev–Trinajstić information content (AvgIpc) is 2.27. The fourth-order valence-electron chi connectivity index (χ4n) is 1.53. The van der Waals surface area contributed by atoms with Crippen LogP contribution in [0.2, 0.25) is 0 Å². The van der Waals surface area contributed by atoms with E-state index < -0.39 is 0 Å². The maximum absolute atomic E-state index is 10.9. The average molecular weight is 235 g/mol. The SMILES string of the molecule is COc1cccc(/C=C(/CC(C)C)[N+](=O)[O-])c1. The van der Waals surface area contributed by atoms with E-state index in [-0.39, 0.29) is 16.5 Å². The van der Waals surface area contributed by atoms with Gasteiger partial charge >= 0.3 is 0 Å². The summed E-state index contributed by atoms with van der Waals surface area (Å²) in [4.78, 5) is 10.6. The molecule has 0 aromatic heterocycles. The first kappa shape index (κ1) is 13.2. The summed E-state index contributed by atoms with van der Waals surface area (Å²) in [6.45, 7) is 3.92. The normalized spacial score (nSPS) is 11.6. The molecule has 0 bridgehead atoms. The molecule has 1 aromatic carbocycles. The lowest BCUT2D eigenvalue weighted by Crippen LogP contribution is -2.02. The molecular formula is C13H17NO3. The molecule has 1 rings (SSSR count). The maximum atomic E-state index is 10.9. The Bertz CT molecular complexity index is 424. The van der Waals surface area contributed by atoms with Crippen molar-refractivity contribution in [2.24, 2.45) is 5.92 Å². The third-order valence-electron chi connectivity index (χ3n) is 2.28. The van der Waals surface area contributed by atoms with Crippen molar-refractivity contribution in [3.05, 3.63) is 45.6 Å². The lowest BCUT2D eigenvalue weighted by molar-refractivity contribution is -0.427. The second-order valence-electron chi connectivity index (χ2n) is 4.27. The minimum absolute atomic E-state index is 0.230. The summed E-state index contributed by atoms with van der Waals surface area (Å²) in [6, 6.07) is 7.24. The summed E-state index contributed by atoms with van der Waals surface area (Å²) >= 11 is 0. The summed E-state index contributed by atoms with van der Waals surface area (Å²) in [5.74, 6) is 0.961. The summed E-state index contributed by atoms with van der Waals surface area (Å²) in [5, 5.41) is 10.9. The van der Waals surface area contributed by atoms with Crippen molar-refractivity contribution in [1.29, 1.82) is 0 Å². The maximum Gasteiger partial charge on any atom is 0.247 e. The Morgan fingerprint density at radius 1 is 1.53 bits per heavy atom. The van der Waals surface area contributed by atoms with E-state index in [4.69, 9.17) is 4.74 Å². The summed E-state index contributed by atoms with van der Waals surface area (Å²) < 4.78 is 5.08. The van der Waals surface area contributed by atoms with E-state index in [1.54, 1.807) is 19.3 Å². The molecule has 0 aliphatic rings. The van der Waals surface area contributed by atoms with Gasteiger partial charge in [0.15, 0.2) is 0 Å². The molecule has 0 spiro atoms. The Labute approximate surface area is 101 Å². The molecule has 0 heterocycles. The van der Waals surface area contributed by atoms with Crippen LogP contribution in [0.1, 0.15) is 25.8 Å². The van der Waals surface area contributed by atoms with Crippen molar-refractivity contribution in [1.82, 2.24) is 0 Å². The third kappa shape index (κ3) is 4.26. The third-order valence-corrected chi connectivity index (χ3v) is 2.28. The number of allylic oxidation sites excluding steroid dienone is 1. The molecule has 4 heteroatoms. The van der Waals surface area contributed by atoms with Crippen LogP contribution in [0.25, 0.3) is 6.08 Å². The first-order chi connectivity index (χ1) is 8.02. The van der Waals surface area contributed by atoms with E-state index in [0.717, 1.165) is 5.56 Å². The molecule has 0 aliphatic carbocycles. The molecule has 17 heavy (non-hydrogen) atoms. The number of methoxy groups -OCH3 is 1. The fourth-order valence-corrected chi connectivity index (χ4v) is 1.53. The van der Waals surface area contributed by atoms with Crippen molar-refractivity contribution in [2.45, 2.75) is 20.3 Å². The zero-order valence-electron chi connectivity index (χ0n) is 10.3. The zero-order valence-corrected chi connectivity index (χ0v) is 10.3. The van der Waals surface area contributed by atoms with Gasteiger partial charge in [0, 0.05) is 12.5 Å². The van der Waals surface area contributed by atoms with E-state index in [9.17, 15) is 10.1 Å². The highest BCUT2D eigenvalue weighted by Crippen LogP contribution is 2.18. The fraction of sp³-hybridized carbons (Fsp3) is 0.385. The van der Waals surface area contributed by atoms with Gasteiger partial charge in [-0.25, -0.2) is 0 Å². The molecule has 4 nitrogen and oxygen atoms in total. The minimum Gasteiger partial charge on any atom is -0.497 e. The second-order valence-corrected chi connectivity index (χ2v) is 4.27. The number of nitro groups is 1. The highest BCUT2D eigenvalue weighted by Gasteiger charge is 2.12. The van der Waals surface area contributed by atoms with Crippen molar-refractivity contribution in [3.63, 3.8) is 0 Å². The number of hydrogen-bond donors (Lipinski definition) is 0. The number of ether oxygens (including phenoxy) is 1. The van der Waals surface area contributed by atoms with Gasteiger partial charge in [-0.15, -0.1) is 0 Å². The Morgan fingerprint density at radius 3 is 2.76 bits per heavy atom. The van der Waals surface area contributed by atoms with Gasteiger partial charge in [0.1, 0.15) is 5.75 Å². The summed E-state index contributed by atoms with van der Waals surface area (Å²) in [7, 11) is 1.57. The van der Waals surface area contributed by atoms with Gasteiger partial charge in [0.2, 0.25) is 5.70 Å². The minimum atomic E-state index is -0.320. The molecule has 0 N–H and O–H groups in total. The molecule has 0 saturated heterocycles. The molecule has 92 valence electrons. The van der Waals surface area contributed by atoms with E-state index in [2.05, 4.69) is 0 Å². The van der Waals surface area contributed by atoms with Crippen LogP contribution in [0.5, 0.6) is 5.75 Å². The first-order valence-corrected chi connectivity index (χ1v) is 5.52. The van der Waals surface area contributed by atoms with Crippen molar-refractivity contribution >= 4 is 6.08 Å². The molecule has 0 radical (unpaired) electrons. The topological polar surface area (TPSA) is 52.4 Å². The van der Waals surface area contributed by atoms with Crippen molar-refractivity contribution < 1.29 is 9.66 Å². The van der Waals surface area contributed by atoms with Crippen LogP contribution in [0.4, 0.5) is 0 Å². The smallest absolute Gasteiger partial charge is 0.247 e.